The zero-order valence-corrected chi connectivity index (χ0v) is 20.2. The Balaban J connectivity index is 0.000000712. The Kier molecular flexibility index (Phi) is 13.2. The van der Waals surface area contributed by atoms with E-state index in [4.69, 9.17) is 10.5 Å². The highest BCUT2D eigenvalue weighted by Gasteiger charge is 2.23. The maximum absolute atomic E-state index is 13.3. The number of halogens is 1. The fourth-order valence-electron chi connectivity index (χ4n) is 2.60. The van der Waals surface area contributed by atoms with Gasteiger partial charge in [-0.2, -0.15) is 0 Å². The first-order chi connectivity index (χ1) is 14.0. The van der Waals surface area contributed by atoms with Crippen LogP contribution in [-0.2, 0) is 20.4 Å². The average molecular weight is 446 g/mol. The van der Waals surface area contributed by atoms with E-state index in [1.807, 2.05) is 13.8 Å². The van der Waals surface area contributed by atoms with Gasteiger partial charge in [0, 0.05) is 24.8 Å². The molecule has 3 N–H and O–H groups in total. The van der Waals surface area contributed by atoms with Gasteiger partial charge in [-0.15, -0.1) is 0 Å². The number of rotatable bonds is 5. The van der Waals surface area contributed by atoms with E-state index in [1.54, 1.807) is 26.8 Å². The van der Waals surface area contributed by atoms with Gasteiger partial charge in [-0.25, -0.2) is 9.18 Å². The second-order valence-corrected chi connectivity index (χ2v) is 10.1. The van der Waals surface area contributed by atoms with Gasteiger partial charge in [-0.1, -0.05) is 13.8 Å². The van der Waals surface area contributed by atoms with Crippen molar-refractivity contribution in [1.82, 2.24) is 5.32 Å². The third kappa shape index (κ3) is 12.6. The van der Waals surface area contributed by atoms with Gasteiger partial charge < -0.3 is 20.5 Å². The maximum Gasteiger partial charge on any atom is 0.405 e. The fourth-order valence-corrected chi connectivity index (χ4v) is 3.33. The zero-order chi connectivity index (χ0) is 23.3. The molecular weight excluding hydrogens is 407 g/mol. The number of amides is 2. The van der Waals surface area contributed by atoms with E-state index in [0.29, 0.717) is 36.1 Å². The summed E-state index contributed by atoms with van der Waals surface area (Å²) in [5.74, 6) is 1.49. The fraction of sp³-hybridized carbons (Fsp3) is 0.636. The lowest BCUT2D eigenvalue weighted by Crippen LogP contribution is -2.32. The van der Waals surface area contributed by atoms with Gasteiger partial charge in [-0.3, -0.25) is 4.79 Å². The number of carbonyl (C=O) groups excluding carboxylic acids is 2. The van der Waals surface area contributed by atoms with Crippen LogP contribution in [0.3, 0.4) is 0 Å². The molecule has 172 valence electrons. The summed E-state index contributed by atoms with van der Waals surface area (Å²) in [5, 5.41) is 2.99. The Morgan fingerprint density at radius 2 is 1.93 bits per heavy atom. The summed E-state index contributed by atoms with van der Waals surface area (Å²) in [7, 11) is 0.372. The molecule has 2 rings (SSSR count). The molecular formula is C22H38FN2O4S+. The van der Waals surface area contributed by atoms with Gasteiger partial charge in [0.05, 0.1) is 25.2 Å². The van der Waals surface area contributed by atoms with Crippen molar-refractivity contribution >= 4 is 22.9 Å². The van der Waals surface area contributed by atoms with Crippen LogP contribution in [-0.4, -0.2) is 42.5 Å². The second-order valence-electron chi connectivity index (χ2n) is 7.77. The molecule has 1 aromatic carbocycles. The Morgan fingerprint density at radius 1 is 1.30 bits per heavy atom. The molecule has 0 radical (unpaired) electrons. The van der Waals surface area contributed by atoms with Crippen LogP contribution in [0.5, 0.6) is 5.75 Å². The number of carbonyl (C=O) groups is 2. The van der Waals surface area contributed by atoms with Crippen LogP contribution >= 0.6 is 0 Å². The van der Waals surface area contributed by atoms with Crippen LogP contribution in [0.25, 0.3) is 0 Å². The van der Waals surface area contributed by atoms with Crippen molar-refractivity contribution in [2.45, 2.75) is 65.5 Å². The molecule has 1 aliphatic rings. The second kappa shape index (κ2) is 14.1. The van der Waals surface area contributed by atoms with Crippen LogP contribution in [0.2, 0.25) is 0 Å². The predicted octanol–water partition coefficient (Wildman–Crippen LogP) is 4.33. The van der Waals surface area contributed by atoms with Crippen molar-refractivity contribution in [2.75, 3.05) is 24.9 Å². The Labute approximate surface area is 183 Å². The number of nitrogens with one attached hydrogen (secondary N) is 1. The number of ether oxygens (including phenoxy) is 2. The summed E-state index contributed by atoms with van der Waals surface area (Å²) in [4.78, 5) is 22.0. The van der Waals surface area contributed by atoms with E-state index in [-0.39, 0.29) is 17.8 Å². The molecule has 1 unspecified atom stereocenters. The summed E-state index contributed by atoms with van der Waals surface area (Å²) in [6.07, 6.45) is 5.75. The molecule has 2 amide bonds. The summed E-state index contributed by atoms with van der Waals surface area (Å²) in [6, 6.07) is 4.33. The zero-order valence-electron chi connectivity index (χ0n) is 19.3. The molecule has 1 heterocycles. The average Bonchev–Trinajstić information content (AvgIpc) is 2.62. The molecule has 0 bridgehead atoms. The minimum absolute atomic E-state index is 0.0394. The highest BCUT2D eigenvalue weighted by atomic mass is 32.2. The topological polar surface area (TPSA) is 90.7 Å². The Bertz CT molecular complexity index is 663. The molecule has 1 atom stereocenters. The molecule has 0 aromatic heterocycles. The molecule has 6 nitrogen and oxygen atoms in total. The van der Waals surface area contributed by atoms with E-state index < -0.39 is 11.7 Å². The minimum Gasteiger partial charge on any atom is -0.493 e. The first-order valence-electron chi connectivity index (χ1n) is 10.2. The predicted molar refractivity (Wildman–Crippen MR) is 122 cm³/mol. The van der Waals surface area contributed by atoms with Crippen molar-refractivity contribution < 1.29 is 23.5 Å². The van der Waals surface area contributed by atoms with Crippen molar-refractivity contribution in [3.8, 4) is 5.75 Å². The van der Waals surface area contributed by atoms with Crippen LogP contribution < -0.4 is 15.8 Å². The smallest absolute Gasteiger partial charge is 0.405 e. The van der Waals surface area contributed by atoms with Crippen molar-refractivity contribution in [2.24, 2.45) is 5.73 Å². The molecule has 1 aromatic rings. The Morgan fingerprint density at radius 3 is 2.43 bits per heavy atom. The third-order valence-electron chi connectivity index (χ3n) is 3.71. The summed E-state index contributed by atoms with van der Waals surface area (Å²) in [6.45, 7) is 9.84. The summed E-state index contributed by atoms with van der Waals surface area (Å²) < 4.78 is 23.4. The summed E-state index contributed by atoms with van der Waals surface area (Å²) in [5.41, 5.74) is 5.01. The number of fused-ring (bicyclic) bond motifs is 1. The molecule has 1 aliphatic heterocycles. The molecule has 0 spiro atoms. The molecule has 0 aliphatic carbocycles. The largest absolute Gasteiger partial charge is 0.493 e. The molecule has 0 fully saturated rings. The normalized spacial score (nSPS) is 14.8. The molecule has 0 saturated heterocycles. The lowest BCUT2D eigenvalue weighted by atomic mass is 10.00. The van der Waals surface area contributed by atoms with Gasteiger partial charge in [0.1, 0.15) is 22.9 Å². The summed E-state index contributed by atoms with van der Waals surface area (Å²) >= 11 is 0. The SMILES string of the molecule is CC.CC(C)(C)OC(N)=O.C[S+](C)CCCC(=O)NC1CCOc2ccc(F)cc21. The monoisotopic (exact) mass is 445 g/mol. The van der Waals surface area contributed by atoms with Gasteiger partial charge >= 0.3 is 6.09 Å². The third-order valence-corrected chi connectivity index (χ3v) is 4.81. The number of hydrogen-bond donors (Lipinski definition) is 2. The van der Waals surface area contributed by atoms with E-state index in [9.17, 15) is 14.0 Å². The van der Waals surface area contributed by atoms with Crippen LogP contribution in [0, 0.1) is 5.82 Å². The van der Waals surface area contributed by atoms with Crippen LogP contribution in [0.4, 0.5) is 9.18 Å². The van der Waals surface area contributed by atoms with E-state index in [2.05, 4.69) is 22.6 Å². The first-order valence-corrected chi connectivity index (χ1v) is 12.4. The van der Waals surface area contributed by atoms with E-state index in [1.165, 1.54) is 12.1 Å². The molecule has 8 heteroatoms. The van der Waals surface area contributed by atoms with Crippen molar-refractivity contribution in [3.63, 3.8) is 0 Å². The van der Waals surface area contributed by atoms with Gasteiger partial charge in [0.25, 0.3) is 0 Å². The van der Waals surface area contributed by atoms with Gasteiger partial charge in [0.2, 0.25) is 5.91 Å². The standard InChI is InChI=1S/C15H20FNO2S.C5H11NO2.C2H6/c1-20(2)9-3-4-15(18)17-13-7-8-19-14-6-5-11(16)10-12(13)14;1-5(2,3)8-4(6)7;1-2/h5-6,10,13H,3-4,7-9H2,1-2H3;1-3H3,(H2,6,7);1-2H3/p+1. The van der Waals surface area contributed by atoms with Crippen molar-refractivity contribution in [3.05, 3.63) is 29.6 Å². The number of nitrogens with two attached hydrogens (primary N) is 1. The number of primary amides is 1. The Hall–Kier alpha value is -1.96. The lowest BCUT2D eigenvalue weighted by Gasteiger charge is -2.26. The first kappa shape index (κ1) is 28.0. The van der Waals surface area contributed by atoms with Gasteiger partial charge in [-0.05, 0) is 49.9 Å². The van der Waals surface area contributed by atoms with Crippen LogP contribution in [0.1, 0.15) is 65.5 Å². The van der Waals surface area contributed by atoms with Crippen molar-refractivity contribution in [1.29, 1.82) is 0 Å². The van der Waals surface area contributed by atoms with E-state index in [0.717, 1.165) is 17.7 Å². The highest BCUT2D eigenvalue weighted by Crippen LogP contribution is 2.32. The minimum atomic E-state index is -0.725. The van der Waals surface area contributed by atoms with Gasteiger partial charge in [0.15, 0.2) is 0 Å². The quantitative estimate of drug-likeness (QED) is 0.660. The lowest BCUT2D eigenvalue weighted by molar-refractivity contribution is -0.122. The molecule has 30 heavy (non-hydrogen) atoms. The molecule has 0 saturated carbocycles. The van der Waals surface area contributed by atoms with E-state index >= 15 is 0 Å². The van der Waals surface area contributed by atoms with Crippen LogP contribution in [0.15, 0.2) is 18.2 Å². The maximum atomic E-state index is 13.3. The number of hydrogen-bond acceptors (Lipinski definition) is 4. The number of benzene rings is 1. The highest BCUT2D eigenvalue weighted by molar-refractivity contribution is 7.95.